The molecule has 8 heteroatoms. The Balaban J connectivity index is 1.98. The van der Waals surface area contributed by atoms with Crippen LogP contribution < -0.4 is 10.1 Å². The van der Waals surface area contributed by atoms with E-state index in [1.165, 1.54) is 4.90 Å². The van der Waals surface area contributed by atoms with Gasteiger partial charge in [0.1, 0.15) is 11.8 Å². The maximum absolute atomic E-state index is 13.9. The Labute approximate surface area is 256 Å². The maximum Gasteiger partial charge on any atom is 0.261 e. The number of hydrogen-bond acceptors (Lipinski definition) is 3. The number of rotatable bonds is 9. The van der Waals surface area contributed by atoms with Crippen molar-refractivity contribution in [2.24, 2.45) is 0 Å². The van der Waals surface area contributed by atoms with Crippen LogP contribution in [0.1, 0.15) is 58.2 Å². The van der Waals surface area contributed by atoms with Crippen LogP contribution in [0.25, 0.3) is 0 Å². The van der Waals surface area contributed by atoms with E-state index in [0.29, 0.717) is 27.8 Å². The van der Waals surface area contributed by atoms with Crippen LogP contribution in [-0.2, 0) is 28.0 Å². The molecule has 0 radical (unpaired) electrons. The first-order valence-electron chi connectivity index (χ1n) is 13.2. The van der Waals surface area contributed by atoms with E-state index in [-0.39, 0.29) is 30.4 Å². The van der Waals surface area contributed by atoms with Crippen LogP contribution in [0.2, 0.25) is 10.0 Å². The summed E-state index contributed by atoms with van der Waals surface area (Å²) in [5.41, 5.74) is 2.08. The van der Waals surface area contributed by atoms with Crippen molar-refractivity contribution < 1.29 is 14.3 Å². The summed E-state index contributed by atoms with van der Waals surface area (Å²) < 4.78 is 6.74. The Morgan fingerprint density at radius 1 is 0.925 bits per heavy atom. The molecule has 1 unspecified atom stereocenters. The molecule has 5 nitrogen and oxygen atoms in total. The molecule has 0 aromatic heterocycles. The van der Waals surface area contributed by atoms with Crippen LogP contribution in [-0.4, -0.2) is 34.9 Å². The first kappa shape index (κ1) is 32.0. The Hall–Kier alpha value is -2.54. The summed E-state index contributed by atoms with van der Waals surface area (Å²) in [5, 5.41) is 3.88. The molecule has 3 aromatic carbocycles. The predicted octanol–water partition coefficient (Wildman–Crippen LogP) is 7.99. The molecule has 0 saturated carbocycles. The molecule has 0 fully saturated rings. The fourth-order valence-electron chi connectivity index (χ4n) is 4.17. The van der Waals surface area contributed by atoms with Crippen molar-refractivity contribution in [2.75, 3.05) is 6.61 Å². The van der Waals surface area contributed by atoms with E-state index in [2.05, 4.69) is 42.0 Å². The molecule has 3 aromatic rings. The van der Waals surface area contributed by atoms with E-state index < -0.39 is 11.6 Å². The second-order valence-corrected chi connectivity index (χ2v) is 13.5. The smallest absolute Gasteiger partial charge is 0.261 e. The molecule has 0 aliphatic carbocycles. The fraction of sp³-hybridized carbons (Fsp3) is 0.375. The Kier molecular flexibility index (Phi) is 10.7. The van der Waals surface area contributed by atoms with Crippen LogP contribution in [0.15, 0.2) is 71.2 Å². The summed E-state index contributed by atoms with van der Waals surface area (Å²) in [4.78, 5) is 29.1. The molecule has 1 atom stereocenters. The van der Waals surface area contributed by atoms with E-state index in [9.17, 15) is 9.59 Å². The van der Waals surface area contributed by atoms with E-state index >= 15 is 0 Å². The highest BCUT2D eigenvalue weighted by Crippen LogP contribution is 2.32. The van der Waals surface area contributed by atoms with E-state index in [1.807, 2.05) is 69.3 Å². The second kappa shape index (κ2) is 13.4. The maximum atomic E-state index is 13.9. The highest BCUT2D eigenvalue weighted by atomic mass is 79.9. The van der Waals surface area contributed by atoms with Crippen LogP contribution in [0, 0.1) is 0 Å². The second-order valence-electron chi connectivity index (χ2n) is 11.9. The third kappa shape index (κ3) is 8.98. The van der Waals surface area contributed by atoms with Crippen molar-refractivity contribution in [3.05, 3.63) is 97.9 Å². The molecule has 1 N–H and O–H groups in total. The Bertz CT molecular complexity index is 1310. The van der Waals surface area contributed by atoms with Gasteiger partial charge in [0.05, 0.1) is 4.47 Å². The van der Waals surface area contributed by atoms with Gasteiger partial charge in [-0.3, -0.25) is 9.59 Å². The summed E-state index contributed by atoms with van der Waals surface area (Å²) in [5.74, 6) is -0.104. The first-order chi connectivity index (χ1) is 18.7. The number of amides is 2. The molecular formula is C32H37BrCl2N2O3. The van der Waals surface area contributed by atoms with Gasteiger partial charge in [0.2, 0.25) is 5.91 Å². The van der Waals surface area contributed by atoms with Crippen LogP contribution in [0.3, 0.4) is 0 Å². The lowest BCUT2D eigenvalue weighted by Crippen LogP contribution is -2.55. The van der Waals surface area contributed by atoms with E-state index in [1.54, 1.807) is 18.2 Å². The van der Waals surface area contributed by atoms with Gasteiger partial charge in [-0.15, -0.1) is 0 Å². The predicted molar refractivity (Wildman–Crippen MR) is 167 cm³/mol. The third-order valence-electron chi connectivity index (χ3n) is 6.31. The van der Waals surface area contributed by atoms with E-state index in [4.69, 9.17) is 27.9 Å². The lowest BCUT2D eigenvalue weighted by atomic mass is 9.87. The van der Waals surface area contributed by atoms with Crippen molar-refractivity contribution in [2.45, 2.75) is 71.5 Å². The summed E-state index contributed by atoms with van der Waals surface area (Å²) in [6.45, 7) is 11.9. The third-order valence-corrected chi connectivity index (χ3v) is 7.64. The Morgan fingerprint density at radius 2 is 1.55 bits per heavy atom. The molecule has 0 saturated heterocycles. The molecule has 0 spiro atoms. The molecule has 214 valence electrons. The van der Waals surface area contributed by atoms with Crippen LogP contribution in [0.4, 0.5) is 0 Å². The van der Waals surface area contributed by atoms with Gasteiger partial charge in [-0.1, -0.05) is 86.4 Å². The molecule has 2 amide bonds. The van der Waals surface area contributed by atoms with Gasteiger partial charge in [0.15, 0.2) is 6.61 Å². The monoisotopic (exact) mass is 646 g/mol. The van der Waals surface area contributed by atoms with Gasteiger partial charge >= 0.3 is 0 Å². The summed E-state index contributed by atoms with van der Waals surface area (Å²) in [7, 11) is 0. The summed E-state index contributed by atoms with van der Waals surface area (Å²) >= 11 is 16.6. The number of benzene rings is 3. The number of hydrogen-bond donors (Lipinski definition) is 1. The highest BCUT2D eigenvalue weighted by molar-refractivity contribution is 9.10. The van der Waals surface area contributed by atoms with Gasteiger partial charge in [-0.2, -0.15) is 0 Å². The molecule has 0 heterocycles. The van der Waals surface area contributed by atoms with Gasteiger partial charge in [0, 0.05) is 34.1 Å². The van der Waals surface area contributed by atoms with Crippen molar-refractivity contribution in [3.63, 3.8) is 0 Å². The van der Waals surface area contributed by atoms with Crippen LogP contribution in [0.5, 0.6) is 5.75 Å². The minimum Gasteiger partial charge on any atom is -0.483 e. The van der Waals surface area contributed by atoms with Gasteiger partial charge < -0.3 is 15.0 Å². The average molecular weight is 648 g/mol. The lowest BCUT2D eigenvalue weighted by Gasteiger charge is -2.34. The highest BCUT2D eigenvalue weighted by Gasteiger charge is 2.33. The van der Waals surface area contributed by atoms with Gasteiger partial charge in [-0.25, -0.2) is 0 Å². The lowest BCUT2D eigenvalue weighted by molar-refractivity contribution is -0.143. The molecule has 40 heavy (non-hydrogen) atoms. The minimum absolute atomic E-state index is 0.0348. The normalized spacial score (nSPS) is 12.5. The van der Waals surface area contributed by atoms with Gasteiger partial charge in [-0.05, 0) is 77.5 Å². The minimum atomic E-state index is -0.836. The molecule has 0 aliphatic rings. The van der Waals surface area contributed by atoms with Crippen LogP contribution >= 0.6 is 39.1 Å². The van der Waals surface area contributed by atoms with E-state index in [0.717, 1.165) is 15.6 Å². The zero-order chi connectivity index (χ0) is 29.7. The summed E-state index contributed by atoms with van der Waals surface area (Å²) in [6, 6.07) is 19.8. The van der Waals surface area contributed by atoms with Crippen molar-refractivity contribution in [3.8, 4) is 5.75 Å². The first-order valence-corrected chi connectivity index (χ1v) is 14.7. The van der Waals surface area contributed by atoms with Crippen molar-refractivity contribution in [1.82, 2.24) is 10.2 Å². The zero-order valence-corrected chi connectivity index (χ0v) is 27.0. The number of ether oxygens (including phenoxy) is 1. The SMILES string of the molecule is CC(C)(C)NC(=O)C(Cc1ccccc1)N(Cc1c(Cl)cccc1Cl)C(=O)COc1ccc(C(C)(C)C)cc1Br. The van der Waals surface area contributed by atoms with Gasteiger partial charge in [0.25, 0.3) is 5.91 Å². The topological polar surface area (TPSA) is 58.6 Å². The van der Waals surface area contributed by atoms with Crippen molar-refractivity contribution >= 4 is 50.9 Å². The zero-order valence-electron chi connectivity index (χ0n) is 23.9. The summed E-state index contributed by atoms with van der Waals surface area (Å²) in [6.07, 6.45) is 0.306. The number of nitrogens with zero attached hydrogens (tertiary/aromatic N) is 1. The largest absolute Gasteiger partial charge is 0.483 e. The quantitative estimate of drug-likeness (QED) is 0.256. The Morgan fingerprint density at radius 3 is 2.10 bits per heavy atom. The molecular weight excluding hydrogens is 611 g/mol. The van der Waals surface area contributed by atoms with Crippen molar-refractivity contribution in [1.29, 1.82) is 0 Å². The number of carbonyl (C=O) groups excluding carboxylic acids is 2. The fourth-order valence-corrected chi connectivity index (χ4v) is 5.18. The average Bonchev–Trinajstić information content (AvgIpc) is 2.85. The number of halogens is 3. The number of nitrogens with one attached hydrogen (secondary N) is 1. The molecule has 0 bridgehead atoms. The number of carbonyl (C=O) groups is 2. The molecule has 3 rings (SSSR count). The molecule has 0 aliphatic heterocycles. The standard InChI is InChI=1S/C32H37BrCl2N2O3/c1-31(2,3)22-15-16-28(24(33)18-22)40-20-29(38)37(19-23-25(34)13-10-14-26(23)35)27(30(39)36-32(4,5)6)17-21-11-8-7-9-12-21/h7-16,18,27H,17,19-20H2,1-6H3,(H,36,39).